The molecule has 2 rings (SSSR count). The van der Waals surface area contributed by atoms with E-state index in [1.54, 1.807) is 0 Å². The summed E-state index contributed by atoms with van der Waals surface area (Å²) in [4.78, 5) is 9.04. The first-order chi connectivity index (χ1) is 6.57. The third-order valence-corrected chi connectivity index (χ3v) is 2.49. The molecule has 0 saturated heterocycles. The summed E-state index contributed by atoms with van der Waals surface area (Å²) in [6.07, 6.45) is 3.05. The topological polar surface area (TPSA) is 37.8 Å². The molecule has 0 amide bonds. The van der Waals surface area contributed by atoms with Gasteiger partial charge in [-0.2, -0.15) is 0 Å². The van der Waals surface area contributed by atoms with E-state index in [1.807, 2.05) is 6.20 Å². The summed E-state index contributed by atoms with van der Waals surface area (Å²) in [7, 11) is 0. The number of aromatic nitrogens is 2. The second-order valence-electron chi connectivity index (χ2n) is 4.84. The lowest BCUT2D eigenvalue weighted by Crippen LogP contribution is -2.27. The molecule has 15 heavy (non-hydrogen) atoms. The molecule has 1 N–H and O–H groups in total. The maximum Gasteiger partial charge on any atom is 0.133 e. The summed E-state index contributed by atoms with van der Waals surface area (Å²) in [6.45, 7) is 8.37. The molecule has 1 aliphatic heterocycles. The fraction of sp³-hybridized carbons (Fsp3) is 0.636. The van der Waals surface area contributed by atoms with Crippen molar-refractivity contribution in [2.75, 3.05) is 6.54 Å². The quantitative estimate of drug-likeness (QED) is 0.735. The van der Waals surface area contributed by atoms with Gasteiger partial charge in [0, 0.05) is 18.2 Å². The predicted octanol–water partition coefficient (Wildman–Crippen LogP) is 1.84. The average Bonchev–Trinajstić information content (AvgIpc) is 2.16. The molecule has 4 heteroatoms. The number of nitrogens with one attached hydrogen (secondary N) is 1. The van der Waals surface area contributed by atoms with Crippen LogP contribution in [0.25, 0.3) is 0 Å². The van der Waals surface area contributed by atoms with E-state index >= 15 is 0 Å². The molecule has 0 aromatic carbocycles. The Morgan fingerprint density at radius 1 is 1.33 bits per heavy atom. The lowest BCUT2D eigenvalue weighted by atomic mass is 9.95. The van der Waals surface area contributed by atoms with Crippen LogP contribution in [0.1, 0.15) is 37.9 Å². The van der Waals surface area contributed by atoms with Crippen molar-refractivity contribution >= 4 is 12.4 Å². The number of rotatable bonds is 0. The summed E-state index contributed by atoms with van der Waals surface area (Å²) in [5.41, 5.74) is 2.53. The highest BCUT2D eigenvalue weighted by atomic mass is 35.5. The van der Waals surface area contributed by atoms with Gasteiger partial charge >= 0.3 is 0 Å². The summed E-state index contributed by atoms with van der Waals surface area (Å²) >= 11 is 0. The summed E-state index contributed by atoms with van der Waals surface area (Å²) in [5, 5.41) is 3.33. The smallest absolute Gasteiger partial charge is 0.133 e. The minimum absolute atomic E-state index is 0. The van der Waals surface area contributed by atoms with E-state index in [-0.39, 0.29) is 17.8 Å². The van der Waals surface area contributed by atoms with Crippen molar-refractivity contribution in [3.63, 3.8) is 0 Å². The van der Waals surface area contributed by atoms with Gasteiger partial charge in [-0.3, -0.25) is 0 Å². The van der Waals surface area contributed by atoms with Crippen LogP contribution in [0.4, 0.5) is 0 Å². The summed E-state index contributed by atoms with van der Waals surface area (Å²) < 4.78 is 0. The zero-order valence-corrected chi connectivity index (χ0v) is 10.3. The molecular formula is C11H18ClN3. The van der Waals surface area contributed by atoms with E-state index in [2.05, 4.69) is 36.1 Å². The molecule has 0 unspecified atom stereocenters. The molecule has 0 fully saturated rings. The molecule has 0 bridgehead atoms. The number of hydrogen-bond acceptors (Lipinski definition) is 3. The molecule has 1 aromatic rings. The highest BCUT2D eigenvalue weighted by Gasteiger charge is 2.19. The molecule has 3 nitrogen and oxygen atoms in total. The summed E-state index contributed by atoms with van der Waals surface area (Å²) in [5.74, 6) is 0.944. The van der Waals surface area contributed by atoms with Crippen LogP contribution in [-0.2, 0) is 18.4 Å². The Hall–Kier alpha value is -0.670. The van der Waals surface area contributed by atoms with Crippen LogP contribution in [0.3, 0.4) is 0 Å². The van der Waals surface area contributed by atoms with Crippen LogP contribution in [0.2, 0.25) is 0 Å². The largest absolute Gasteiger partial charge is 0.311 e. The lowest BCUT2D eigenvalue weighted by molar-refractivity contribution is 0.528. The molecule has 2 heterocycles. The first-order valence-electron chi connectivity index (χ1n) is 5.13. The van der Waals surface area contributed by atoms with Crippen LogP contribution in [-0.4, -0.2) is 16.5 Å². The van der Waals surface area contributed by atoms with Crippen molar-refractivity contribution in [2.24, 2.45) is 0 Å². The highest BCUT2D eigenvalue weighted by molar-refractivity contribution is 5.85. The summed E-state index contributed by atoms with van der Waals surface area (Å²) in [6, 6.07) is 0. The maximum absolute atomic E-state index is 4.61. The van der Waals surface area contributed by atoms with Crippen molar-refractivity contribution < 1.29 is 0 Å². The zero-order valence-electron chi connectivity index (χ0n) is 9.50. The molecule has 84 valence electrons. The van der Waals surface area contributed by atoms with Gasteiger partial charge in [-0.1, -0.05) is 20.8 Å². The van der Waals surface area contributed by atoms with Crippen LogP contribution < -0.4 is 5.32 Å². The van der Waals surface area contributed by atoms with Gasteiger partial charge in [-0.15, -0.1) is 12.4 Å². The Morgan fingerprint density at radius 2 is 2.07 bits per heavy atom. The molecule has 0 atom stereocenters. The number of nitrogens with zero attached hydrogens (tertiary/aromatic N) is 2. The van der Waals surface area contributed by atoms with Crippen molar-refractivity contribution in [2.45, 2.75) is 39.2 Å². The minimum Gasteiger partial charge on any atom is -0.311 e. The van der Waals surface area contributed by atoms with Gasteiger partial charge in [0.25, 0.3) is 0 Å². The van der Waals surface area contributed by atoms with Gasteiger partial charge in [0.15, 0.2) is 0 Å². The molecule has 1 aliphatic rings. The van der Waals surface area contributed by atoms with Crippen molar-refractivity contribution in [3.8, 4) is 0 Å². The Labute approximate surface area is 97.1 Å². The SMILES string of the molecule is CC(C)(C)c1ncc2c(n1)CNCC2.Cl. The van der Waals surface area contributed by atoms with E-state index in [1.165, 1.54) is 11.3 Å². The van der Waals surface area contributed by atoms with E-state index in [0.717, 1.165) is 25.3 Å². The van der Waals surface area contributed by atoms with Gasteiger partial charge in [-0.25, -0.2) is 9.97 Å². The molecule has 0 radical (unpaired) electrons. The number of halogens is 1. The lowest BCUT2D eigenvalue weighted by Gasteiger charge is -2.21. The van der Waals surface area contributed by atoms with Gasteiger partial charge < -0.3 is 5.32 Å². The number of fused-ring (bicyclic) bond motifs is 1. The second kappa shape index (κ2) is 4.45. The Bertz CT molecular complexity index is 344. The van der Waals surface area contributed by atoms with E-state index in [0.29, 0.717) is 0 Å². The van der Waals surface area contributed by atoms with E-state index in [9.17, 15) is 0 Å². The fourth-order valence-electron chi connectivity index (χ4n) is 1.60. The third-order valence-electron chi connectivity index (χ3n) is 2.49. The number of hydrogen-bond donors (Lipinski definition) is 1. The van der Waals surface area contributed by atoms with Crippen molar-refractivity contribution in [1.82, 2.24) is 15.3 Å². The van der Waals surface area contributed by atoms with E-state index in [4.69, 9.17) is 0 Å². The second-order valence-corrected chi connectivity index (χ2v) is 4.84. The first-order valence-corrected chi connectivity index (χ1v) is 5.13. The third kappa shape index (κ3) is 2.67. The normalized spacial score (nSPS) is 15.4. The van der Waals surface area contributed by atoms with E-state index < -0.39 is 0 Å². The van der Waals surface area contributed by atoms with Gasteiger partial charge in [0.2, 0.25) is 0 Å². The average molecular weight is 228 g/mol. The monoisotopic (exact) mass is 227 g/mol. The Kier molecular flexibility index (Phi) is 3.68. The highest BCUT2D eigenvalue weighted by Crippen LogP contribution is 2.20. The maximum atomic E-state index is 4.61. The zero-order chi connectivity index (χ0) is 10.2. The molecular weight excluding hydrogens is 210 g/mol. The van der Waals surface area contributed by atoms with Gasteiger partial charge in [0.05, 0.1) is 5.69 Å². The van der Waals surface area contributed by atoms with Crippen LogP contribution in [0.5, 0.6) is 0 Å². The Balaban J connectivity index is 0.00000112. The fourth-order valence-corrected chi connectivity index (χ4v) is 1.60. The van der Waals surface area contributed by atoms with Gasteiger partial charge in [0.1, 0.15) is 5.82 Å². The van der Waals surface area contributed by atoms with Crippen LogP contribution >= 0.6 is 12.4 Å². The molecule has 0 saturated carbocycles. The molecule has 0 spiro atoms. The Morgan fingerprint density at radius 3 is 2.73 bits per heavy atom. The van der Waals surface area contributed by atoms with Crippen LogP contribution in [0, 0.1) is 0 Å². The van der Waals surface area contributed by atoms with Crippen molar-refractivity contribution in [3.05, 3.63) is 23.3 Å². The first kappa shape index (κ1) is 12.4. The van der Waals surface area contributed by atoms with Crippen molar-refractivity contribution in [1.29, 1.82) is 0 Å². The predicted molar refractivity (Wildman–Crippen MR) is 63.4 cm³/mol. The van der Waals surface area contributed by atoms with Crippen LogP contribution in [0.15, 0.2) is 6.20 Å². The molecule has 1 aromatic heterocycles. The standard InChI is InChI=1S/C11H17N3.ClH/c1-11(2,3)10-13-6-8-4-5-12-7-9(8)14-10;/h6,12H,4-5,7H2,1-3H3;1H. The molecule has 0 aliphatic carbocycles. The van der Waals surface area contributed by atoms with Gasteiger partial charge in [-0.05, 0) is 18.5 Å². The minimum atomic E-state index is 0.